The van der Waals surface area contributed by atoms with Gasteiger partial charge in [-0.15, -0.1) is 0 Å². The van der Waals surface area contributed by atoms with Crippen LogP contribution in [-0.2, 0) is 11.2 Å². The molecule has 0 heterocycles. The van der Waals surface area contributed by atoms with Crippen molar-refractivity contribution in [2.75, 3.05) is 17.2 Å². The van der Waals surface area contributed by atoms with Crippen LogP contribution in [0.1, 0.15) is 19.4 Å². The molecule has 0 aliphatic carbocycles. The Morgan fingerprint density at radius 2 is 1.56 bits per heavy atom. The molecule has 0 unspecified atom stereocenters. The number of urea groups is 1. The van der Waals surface area contributed by atoms with E-state index in [4.69, 9.17) is 23.2 Å². The number of hydrogen-bond donors (Lipinski definition) is 4. The average Bonchev–Trinajstić information content (AvgIpc) is 2.59. The Hall–Kier alpha value is -2.28. The Bertz CT molecular complexity index is 823. The largest absolute Gasteiger partial charge is 0.394 e. The fourth-order valence-electron chi connectivity index (χ4n) is 2.22. The molecule has 0 aliphatic rings. The van der Waals surface area contributed by atoms with Gasteiger partial charge >= 0.3 is 6.03 Å². The van der Waals surface area contributed by atoms with Gasteiger partial charge in [0.25, 0.3) is 0 Å². The van der Waals surface area contributed by atoms with Crippen LogP contribution in [0.5, 0.6) is 0 Å². The number of aliphatic hydroxyl groups excluding tert-OH is 1. The zero-order valence-electron chi connectivity index (χ0n) is 15.0. The lowest BCUT2D eigenvalue weighted by Gasteiger charge is -2.23. The molecule has 8 heteroatoms. The molecular formula is C19H21Cl2N3O3. The highest BCUT2D eigenvalue weighted by Crippen LogP contribution is 2.25. The summed E-state index contributed by atoms with van der Waals surface area (Å²) in [5.74, 6) is -0.188. The van der Waals surface area contributed by atoms with Crippen molar-refractivity contribution < 1.29 is 14.7 Å². The number of hydrogen-bond acceptors (Lipinski definition) is 3. The average molecular weight is 410 g/mol. The first-order chi connectivity index (χ1) is 12.7. The first-order valence-corrected chi connectivity index (χ1v) is 8.98. The van der Waals surface area contributed by atoms with E-state index in [0.717, 1.165) is 5.56 Å². The first kappa shape index (κ1) is 21.0. The van der Waals surface area contributed by atoms with E-state index in [0.29, 0.717) is 21.4 Å². The molecule has 144 valence electrons. The quantitative estimate of drug-likeness (QED) is 0.579. The lowest BCUT2D eigenvalue weighted by atomic mass is 10.1. The molecule has 2 aromatic carbocycles. The predicted molar refractivity (Wildman–Crippen MR) is 109 cm³/mol. The molecule has 0 fully saturated rings. The van der Waals surface area contributed by atoms with Gasteiger partial charge in [0.1, 0.15) is 0 Å². The van der Waals surface area contributed by atoms with Crippen molar-refractivity contribution in [3.63, 3.8) is 0 Å². The molecule has 2 rings (SSSR count). The summed E-state index contributed by atoms with van der Waals surface area (Å²) in [5.41, 5.74) is 1.21. The Morgan fingerprint density at radius 3 is 2.15 bits per heavy atom. The lowest BCUT2D eigenvalue weighted by molar-refractivity contribution is -0.122. The van der Waals surface area contributed by atoms with Crippen molar-refractivity contribution in [2.24, 2.45) is 0 Å². The van der Waals surface area contributed by atoms with Crippen molar-refractivity contribution in [2.45, 2.75) is 25.8 Å². The summed E-state index contributed by atoms with van der Waals surface area (Å²) >= 11 is 11.8. The molecule has 0 bridgehead atoms. The summed E-state index contributed by atoms with van der Waals surface area (Å²) in [5, 5.41) is 18.0. The van der Waals surface area contributed by atoms with Crippen LogP contribution in [0.15, 0.2) is 42.5 Å². The van der Waals surface area contributed by atoms with Crippen molar-refractivity contribution in [1.29, 1.82) is 0 Å². The second kappa shape index (κ2) is 9.08. The number of amides is 3. The number of rotatable bonds is 6. The van der Waals surface area contributed by atoms with E-state index in [1.54, 1.807) is 56.3 Å². The molecule has 0 atom stereocenters. The Kier molecular flexibility index (Phi) is 7.07. The van der Waals surface area contributed by atoms with Crippen LogP contribution in [-0.4, -0.2) is 29.2 Å². The van der Waals surface area contributed by atoms with Gasteiger partial charge in [-0.1, -0.05) is 35.3 Å². The maximum absolute atomic E-state index is 12.0. The summed E-state index contributed by atoms with van der Waals surface area (Å²) < 4.78 is 0. The van der Waals surface area contributed by atoms with Gasteiger partial charge < -0.3 is 21.1 Å². The van der Waals surface area contributed by atoms with Crippen molar-refractivity contribution in [3.8, 4) is 0 Å². The zero-order chi connectivity index (χ0) is 20.0. The SMILES string of the molecule is CC(C)(CO)NC(=O)Cc1ccc(NC(=O)Nc2ccc(Cl)c(Cl)c2)cc1. The van der Waals surface area contributed by atoms with Crippen molar-refractivity contribution >= 4 is 46.5 Å². The van der Waals surface area contributed by atoms with Crippen LogP contribution >= 0.6 is 23.2 Å². The molecule has 0 radical (unpaired) electrons. The molecule has 4 N–H and O–H groups in total. The van der Waals surface area contributed by atoms with E-state index in [9.17, 15) is 14.7 Å². The molecule has 0 saturated heterocycles. The third-order valence-electron chi connectivity index (χ3n) is 3.63. The van der Waals surface area contributed by atoms with Crippen LogP contribution in [0.4, 0.5) is 16.2 Å². The molecule has 0 aliphatic heterocycles. The van der Waals surface area contributed by atoms with E-state index in [2.05, 4.69) is 16.0 Å². The first-order valence-electron chi connectivity index (χ1n) is 8.22. The maximum atomic E-state index is 12.0. The van der Waals surface area contributed by atoms with E-state index >= 15 is 0 Å². The van der Waals surface area contributed by atoms with Gasteiger partial charge in [0, 0.05) is 11.4 Å². The van der Waals surface area contributed by atoms with E-state index < -0.39 is 11.6 Å². The number of nitrogens with one attached hydrogen (secondary N) is 3. The monoisotopic (exact) mass is 409 g/mol. The second-order valence-electron chi connectivity index (χ2n) is 6.67. The van der Waals surface area contributed by atoms with Gasteiger partial charge in [-0.3, -0.25) is 4.79 Å². The molecule has 0 aromatic heterocycles. The van der Waals surface area contributed by atoms with E-state index in [1.807, 2.05) is 0 Å². The van der Waals surface area contributed by atoms with E-state index in [1.165, 1.54) is 0 Å². The summed E-state index contributed by atoms with van der Waals surface area (Å²) in [4.78, 5) is 24.0. The predicted octanol–water partition coefficient (Wildman–Crippen LogP) is 4.07. The molecule has 0 saturated carbocycles. The Balaban J connectivity index is 1.90. The van der Waals surface area contributed by atoms with E-state index in [-0.39, 0.29) is 18.9 Å². The molecule has 6 nitrogen and oxygen atoms in total. The topological polar surface area (TPSA) is 90.5 Å². The van der Waals surface area contributed by atoms with Gasteiger partial charge in [0.15, 0.2) is 0 Å². The molecular weight excluding hydrogens is 389 g/mol. The fourth-order valence-corrected chi connectivity index (χ4v) is 2.52. The minimum absolute atomic E-state index is 0.143. The third kappa shape index (κ3) is 6.75. The summed E-state index contributed by atoms with van der Waals surface area (Å²) in [6.07, 6.45) is 0.180. The third-order valence-corrected chi connectivity index (χ3v) is 4.37. The Labute approximate surface area is 167 Å². The van der Waals surface area contributed by atoms with Crippen molar-refractivity contribution in [3.05, 3.63) is 58.1 Å². The highest BCUT2D eigenvalue weighted by Gasteiger charge is 2.19. The number of aliphatic hydroxyl groups is 1. The Morgan fingerprint density at radius 1 is 0.963 bits per heavy atom. The highest BCUT2D eigenvalue weighted by atomic mass is 35.5. The summed E-state index contributed by atoms with van der Waals surface area (Å²) in [6, 6.07) is 11.3. The molecule has 2 aromatic rings. The lowest BCUT2D eigenvalue weighted by Crippen LogP contribution is -2.46. The molecule has 3 amide bonds. The van der Waals surface area contributed by atoms with Crippen LogP contribution in [0, 0.1) is 0 Å². The minimum atomic E-state index is -0.665. The van der Waals surface area contributed by atoms with Crippen LogP contribution in [0.2, 0.25) is 10.0 Å². The minimum Gasteiger partial charge on any atom is -0.394 e. The maximum Gasteiger partial charge on any atom is 0.323 e. The number of halogens is 2. The van der Waals surface area contributed by atoms with Gasteiger partial charge in [0.2, 0.25) is 5.91 Å². The van der Waals surface area contributed by atoms with Gasteiger partial charge in [0.05, 0.1) is 28.6 Å². The second-order valence-corrected chi connectivity index (χ2v) is 7.49. The molecule has 0 spiro atoms. The molecule has 27 heavy (non-hydrogen) atoms. The number of benzene rings is 2. The standard InChI is InChI=1S/C19H21Cl2N3O3/c1-19(2,11-25)24-17(26)9-12-3-5-13(6-4-12)22-18(27)23-14-7-8-15(20)16(21)10-14/h3-8,10,25H,9,11H2,1-2H3,(H,24,26)(H2,22,23,27). The van der Waals surface area contributed by atoms with Crippen LogP contribution < -0.4 is 16.0 Å². The van der Waals surface area contributed by atoms with Crippen LogP contribution in [0.3, 0.4) is 0 Å². The zero-order valence-corrected chi connectivity index (χ0v) is 16.5. The fraction of sp³-hybridized carbons (Fsp3) is 0.263. The summed E-state index contributed by atoms with van der Waals surface area (Å²) in [6.45, 7) is 3.34. The van der Waals surface area contributed by atoms with Gasteiger partial charge in [-0.25, -0.2) is 4.79 Å². The number of anilines is 2. The van der Waals surface area contributed by atoms with Gasteiger partial charge in [-0.2, -0.15) is 0 Å². The summed E-state index contributed by atoms with van der Waals surface area (Å²) in [7, 11) is 0. The van der Waals surface area contributed by atoms with Gasteiger partial charge in [-0.05, 0) is 49.7 Å². The number of carbonyl (C=O) groups excluding carboxylic acids is 2. The number of carbonyl (C=O) groups is 2. The van der Waals surface area contributed by atoms with Crippen molar-refractivity contribution in [1.82, 2.24) is 5.32 Å². The smallest absolute Gasteiger partial charge is 0.323 e. The van der Waals surface area contributed by atoms with Crippen LogP contribution in [0.25, 0.3) is 0 Å². The normalized spacial score (nSPS) is 11.0. The highest BCUT2D eigenvalue weighted by molar-refractivity contribution is 6.42.